The molecule has 34 heavy (non-hydrogen) atoms. The van der Waals surface area contributed by atoms with E-state index in [2.05, 4.69) is 15.0 Å². The predicted octanol–water partition coefficient (Wildman–Crippen LogP) is 4.64. The maximum Gasteiger partial charge on any atom is 0.247 e. The Balaban J connectivity index is 1.31. The van der Waals surface area contributed by atoms with E-state index >= 15 is 0 Å². The Bertz CT molecular complexity index is 1320. The molecular weight excluding hydrogens is 435 g/mol. The van der Waals surface area contributed by atoms with Crippen LogP contribution in [0, 0.1) is 18.7 Å². The van der Waals surface area contributed by atoms with Crippen LogP contribution in [0.4, 0.5) is 4.39 Å². The highest BCUT2D eigenvalue weighted by molar-refractivity contribution is 5.97. The fourth-order valence-electron chi connectivity index (χ4n) is 5.22. The SMILES string of the molecule is COc1cc(/C=C/C2=NO[C@@]34c5cc(F)ccc5OCC3CCCN24)ccc1-n1cnc(C)c1. The van der Waals surface area contributed by atoms with Gasteiger partial charge in [0.05, 0.1) is 42.9 Å². The standard InChI is InChI=1S/C26H25FN4O3/c1-17-14-30(16-28-17)22-8-5-18(12-24(22)32-2)6-10-25-29-34-26-19(4-3-11-31(25)26)15-33-23-9-7-20(27)13-21(23)26/h5-10,12-14,16,19H,3-4,11,15H2,1-2H3/b10-6+/t19?,26-/m1/s1. The highest BCUT2D eigenvalue weighted by Gasteiger charge is 2.58. The zero-order valence-electron chi connectivity index (χ0n) is 19.1. The summed E-state index contributed by atoms with van der Waals surface area (Å²) >= 11 is 0. The molecule has 1 spiro atoms. The summed E-state index contributed by atoms with van der Waals surface area (Å²) in [6.45, 7) is 3.25. The molecule has 2 atom stereocenters. The van der Waals surface area contributed by atoms with Crippen molar-refractivity contribution >= 4 is 11.9 Å². The van der Waals surface area contributed by atoms with E-state index < -0.39 is 5.72 Å². The molecule has 174 valence electrons. The number of rotatable bonds is 4. The minimum Gasteiger partial charge on any atom is -0.495 e. The Labute approximate surface area is 197 Å². The summed E-state index contributed by atoms with van der Waals surface area (Å²) in [7, 11) is 1.66. The van der Waals surface area contributed by atoms with Crippen molar-refractivity contribution in [2.24, 2.45) is 11.1 Å². The number of hydrogen-bond donors (Lipinski definition) is 0. The molecule has 0 radical (unpaired) electrons. The molecule has 1 unspecified atom stereocenters. The maximum absolute atomic E-state index is 14.2. The van der Waals surface area contributed by atoms with Crippen LogP contribution in [0.3, 0.4) is 0 Å². The van der Waals surface area contributed by atoms with E-state index in [1.807, 2.05) is 48.0 Å². The lowest BCUT2D eigenvalue weighted by Gasteiger charge is -2.48. The second kappa shape index (κ2) is 7.90. The van der Waals surface area contributed by atoms with Gasteiger partial charge in [-0.25, -0.2) is 9.37 Å². The van der Waals surface area contributed by atoms with Gasteiger partial charge in [0.25, 0.3) is 0 Å². The van der Waals surface area contributed by atoms with Crippen molar-refractivity contribution in [2.75, 3.05) is 20.3 Å². The van der Waals surface area contributed by atoms with Crippen molar-refractivity contribution in [1.29, 1.82) is 0 Å². The van der Waals surface area contributed by atoms with Crippen molar-refractivity contribution < 1.29 is 18.7 Å². The van der Waals surface area contributed by atoms with Gasteiger partial charge in [0.1, 0.15) is 17.3 Å². The molecule has 8 heteroatoms. The first kappa shape index (κ1) is 20.8. The topological polar surface area (TPSA) is 61.1 Å². The van der Waals surface area contributed by atoms with Crippen LogP contribution in [-0.4, -0.2) is 40.5 Å². The van der Waals surface area contributed by atoms with E-state index in [0.29, 0.717) is 17.9 Å². The van der Waals surface area contributed by atoms with E-state index in [4.69, 9.17) is 14.3 Å². The molecule has 1 aromatic heterocycles. The van der Waals surface area contributed by atoms with Crippen molar-refractivity contribution in [3.8, 4) is 17.2 Å². The molecule has 7 nitrogen and oxygen atoms in total. The number of nitrogens with zero attached hydrogens (tertiary/aromatic N) is 4. The van der Waals surface area contributed by atoms with Gasteiger partial charge >= 0.3 is 0 Å². The third-order valence-electron chi connectivity index (χ3n) is 6.83. The molecule has 4 heterocycles. The summed E-state index contributed by atoms with van der Waals surface area (Å²) in [4.78, 5) is 12.6. The Morgan fingerprint density at radius 1 is 1.21 bits per heavy atom. The van der Waals surface area contributed by atoms with Crippen LogP contribution in [0.2, 0.25) is 0 Å². The fraction of sp³-hybridized carbons (Fsp3) is 0.308. The number of fused-ring (bicyclic) bond motifs is 1. The van der Waals surface area contributed by atoms with Gasteiger partial charge in [0, 0.05) is 12.7 Å². The second-order valence-electron chi connectivity index (χ2n) is 8.87. The molecular formula is C26H25FN4O3. The number of halogens is 1. The van der Waals surface area contributed by atoms with Gasteiger partial charge in [-0.3, -0.25) is 0 Å². The Morgan fingerprint density at radius 3 is 2.94 bits per heavy atom. The van der Waals surface area contributed by atoms with E-state index in [1.54, 1.807) is 19.5 Å². The minimum atomic E-state index is -0.825. The lowest BCUT2D eigenvalue weighted by atomic mass is 9.79. The van der Waals surface area contributed by atoms with Crippen LogP contribution in [0.1, 0.15) is 29.7 Å². The van der Waals surface area contributed by atoms with E-state index in [9.17, 15) is 4.39 Å². The van der Waals surface area contributed by atoms with E-state index in [1.165, 1.54) is 12.1 Å². The smallest absolute Gasteiger partial charge is 0.247 e. The Morgan fingerprint density at radius 2 is 2.12 bits per heavy atom. The normalized spacial score (nSPS) is 23.0. The van der Waals surface area contributed by atoms with Gasteiger partial charge in [-0.2, -0.15) is 0 Å². The van der Waals surface area contributed by atoms with Gasteiger partial charge < -0.3 is 23.8 Å². The summed E-state index contributed by atoms with van der Waals surface area (Å²) in [6, 6.07) is 10.6. The molecule has 6 rings (SSSR count). The highest BCUT2D eigenvalue weighted by atomic mass is 19.1. The van der Waals surface area contributed by atoms with Gasteiger partial charge in [-0.15, -0.1) is 0 Å². The number of ether oxygens (including phenoxy) is 2. The van der Waals surface area contributed by atoms with Crippen molar-refractivity contribution in [2.45, 2.75) is 25.5 Å². The van der Waals surface area contributed by atoms with Crippen molar-refractivity contribution in [1.82, 2.24) is 14.5 Å². The summed E-state index contributed by atoms with van der Waals surface area (Å²) in [5.41, 5.74) is 2.70. The van der Waals surface area contributed by atoms with E-state index in [-0.39, 0.29) is 11.7 Å². The van der Waals surface area contributed by atoms with Crippen molar-refractivity contribution in [3.05, 3.63) is 77.6 Å². The molecule has 0 aliphatic carbocycles. The lowest BCUT2D eigenvalue weighted by Crippen LogP contribution is -2.57. The first-order valence-electron chi connectivity index (χ1n) is 11.4. The van der Waals surface area contributed by atoms with Crippen LogP contribution in [0.25, 0.3) is 11.8 Å². The molecule has 0 amide bonds. The molecule has 3 aromatic rings. The summed E-state index contributed by atoms with van der Waals surface area (Å²) in [6.07, 6.45) is 9.59. The zero-order chi connectivity index (χ0) is 23.3. The number of oxime groups is 1. The van der Waals surface area contributed by atoms with Gasteiger partial charge in [0.2, 0.25) is 5.72 Å². The fourth-order valence-corrected chi connectivity index (χ4v) is 5.22. The highest BCUT2D eigenvalue weighted by Crippen LogP contribution is 2.52. The average Bonchev–Trinajstić information content (AvgIpc) is 3.46. The Kier molecular flexibility index (Phi) is 4.83. The summed E-state index contributed by atoms with van der Waals surface area (Å²) in [5, 5.41) is 4.44. The van der Waals surface area contributed by atoms with Crippen molar-refractivity contribution in [3.63, 3.8) is 0 Å². The summed E-state index contributed by atoms with van der Waals surface area (Å²) in [5.74, 6) is 1.88. The van der Waals surface area contributed by atoms with Gasteiger partial charge in [0.15, 0.2) is 5.84 Å². The molecule has 1 fully saturated rings. The van der Waals surface area contributed by atoms with Gasteiger partial charge in [-0.05, 0) is 61.7 Å². The maximum atomic E-state index is 14.2. The van der Waals surface area contributed by atoms with Crippen LogP contribution in [-0.2, 0) is 10.6 Å². The predicted molar refractivity (Wildman–Crippen MR) is 125 cm³/mol. The number of amidine groups is 1. The van der Waals surface area contributed by atoms with E-state index in [0.717, 1.165) is 47.9 Å². The lowest BCUT2D eigenvalue weighted by molar-refractivity contribution is -0.183. The largest absolute Gasteiger partial charge is 0.495 e. The first-order valence-corrected chi connectivity index (χ1v) is 11.4. The molecule has 0 N–H and O–H groups in total. The molecule has 3 aliphatic rings. The van der Waals surface area contributed by atoms with Crippen LogP contribution < -0.4 is 9.47 Å². The van der Waals surface area contributed by atoms with Crippen LogP contribution in [0.15, 0.2) is 60.2 Å². The monoisotopic (exact) mass is 460 g/mol. The minimum absolute atomic E-state index is 0.0724. The zero-order valence-corrected chi connectivity index (χ0v) is 19.1. The number of aryl methyl sites for hydroxylation is 1. The Hall–Kier alpha value is -3.81. The second-order valence-corrected chi connectivity index (χ2v) is 8.87. The number of hydrogen-bond acceptors (Lipinski definition) is 6. The molecule has 2 aromatic carbocycles. The third-order valence-corrected chi connectivity index (χ3v) is 6.83. The molecule has 0 saturated carbocycles. The number of methoxy groups -OCH3 is 1. The molecule has 0 bridgehead atoms. The molecule has 3 aliphatic heterocycles. The summed E-state index contributed by atoms with van der Waals surface area (Å²) < 4.78 is 27.7. The van der Waals surface area contributed by atoms with Crippen LogP contribution >= 0.6 is 0 Å². The molecule has 1 saturated heterocycles. The van der Waals surface area contributed by atoms with Gasteiger partial charge in [-0.1, -0.05) is 17.3 Å². The first-order chi connectivity index (χ1) is 16.6. The third kappa shape index (κ3) is 3.16. The number of imidazole rings is 1. The average molecular weight is 461 g/mol. The number of aromatic nitrogens is 2. The number of benzene rings is 2. The van der Waals surface area contributed by atoms with Crippen LogP contribution in [0.5, 0.6) is 11.5 Å². The number of piperidine rings is 1. The quantitative estimate of drug-likeness (QED) is 0.568.